The third kappa shape index (κ3) is 4.61. The Kier molecular flexibility index (Phi) is 6.60. The second kappa shape index (κ2) is 9.39. The normalized spacial score (nSPS) is 17.5. The van der Waals surface area contributed by atoms with Gasteiger partial charge in [-0.05, 0) is 54.6 Å². The molecule has 0 spiro atoms. The van der Waals surface area contributed by atoms with E-state index in [1.807, 2.05) is 53.8 Å². The average Bonchev–Trinajstić information content (AvgIpc) is 3.22. The molecule has 0 aliphatic carbocycles. The lowest BCUT2D eigenvalue weighted by atomic mass is 9.94. The van der Waals surface area contributed by atoms with Gasteiger partial charge in [-0.3, -0.25) is 0 Å². The van der Waals surface area contributed by atoms with E-state index in [0.717, 1.165) is 16.3 Å². The monoisotopic (exact) mass is 474 g/mol. The van der Waals surface area contributed by atoms with Gasteiger partial charge in [-0.2, -0.15) is 0 Å². The summed E-state index contributed by atoms with van der Waals surface area (Å²) in [4.78, 5) is 19.3. The quantitative estimate of drug-likeness (QED) is 0.457. The van der Waals surface area contributed by atoms with E-state index in [9.17, 15) is 4.79 Å². The molecule has 0 bridgehead atoms. The number of rotatable bonds is 6. The van der Waals surface area contributed by atoms with Gasteiger partial charge in [0, 0.05) is 6.20 Å². The largest absolute Gasteiger partial charge is 0.489 e. The van der Waals surface area contributed by atoms with Crippen LogP contribution in [0.4, 0.5) is 0 Å². The molecule has 0 saturated carbocycles. The Morgan fingerprint density at radius 1 is 1.19 bits per heavy atom. The van der Waals surface area contributed by atoms with Crippen molar-refractivity contribution >= 4 is 46.1 Å². The number of esters is 1. The van der Waals surface area contributed by atoms with E-state index in [2.05, 4.69) is 4.99 Å². The van der Waals surface area contributed by atoms with Crippen molar-refractivity contribution in [1.82, 2.24) is 4.90 Å². The van der Waals surface area contributed by atoms with Crippen LogP contribution in [0.3, 0.4) is 0 Å². The van der Waals surface area contributed by atoms with Crippen LogP contribution >= 0.6 is 35.0 Å². The SMILES string of the molecule is CCOC(=O)C1=C(C)N=C2SC=CN2[C@@H]1c1cccc(OCc2ccc(Cl)c(Cl)c2)c1. The molecule has 0 amide bonds. The van der Waals surface area contributed by atoms with E-state index in [-0.39, 0.29) is 12.0 Å². The van der Waals surface area contributed by atoms with Crippen LogP contribution in [0.5, 0.6) is 5.75 Å². The highest BCUT2D eigenvalue weighted by Gasteiger charge is 2.37. The third-order valence-corrected chi connectivity index (χ3v) is 6.39. The van der Waals surface area contributed by atoms with Gasteiger partial charge >= 0.3 is 5.97 Å². The Morgan fingerprint density at radius 2 is 2.03 bits per heavy atom. The van der Waals surface area contributed by atoms with Crippen LogP contribution in [0.2, 0.25) is 10.0 Å². The van der Waals surface area contributed by atoms with Crippen LogP contribution in [0.15, 0.2) is 70.3 Å². The second-order valence-corrected chi connectivity index (χ2v) is 8.62. The first-order valence-electron chi connectivity index (χ1n) is 9.73. The number of hydrogen-bond acceptors (Lipinski definition) is 6. The molecule has 2 aromatic rings. The predicted octanol–water partition coefficient (Wildman–Crippen LogP) is 6.34. The van der Waals surface area contributed by atoms with Gasteiger partial charge in [0.15, 0.2) is 5.17 Å². The van der Waals surface area contributed by atoms with Gasteiger partial charge in [-0.15, -0.1) is 0 Å². The zero-order valence-electron chi connectivity index (χ0n) is 17.0. The maximum Gasteiger partial charge on any atom is 0.338 e. The van der Waals surface area contributed by atoms with E-state index in [0.29, 0.717) is 40.3 Å². The van der Waals surface area contributed by atoms with E-state index in [1.165, 1.54) is 11.8 Å². The van der Waals surface area contributed by atoms with Crippen molar-refractivity contribution in [3.8, 4) is 5.75 Å². The number of halogens is 2. The van der Waals surface area contributed by atoms with Crippen LogP contribution in [-0.2, 0) is 16.1 Å². The molecule has 160 valence electrons. The van der Waals surface area contributed by atoms with E-state index < -0.39 is 0 Å². The fourth-order valence-electron chi connectivity index (χ4n) is 3.47. The Labute approximate surface area is 195 Å². The fourth-order valence-corrected chi connectivity index (χ4v) is 4.58. The number of fused-ring (bicyclic) bond motifs is 1. The van der Waals surface area contributed by atoms with Gasteiger partial charge in [-0.1, -0.05) is 53.2 Å². The minimum absolute atomic E-state index is 0.302. The van der Waals surface area contributed by atoms with Crippen molar-refractivity contribution in [2.45, 2.75) is 26.5 Å². The fraction of sp³-hybridized carbons (Fsp3) is 0.217. The molecule has 0 N–H and O–H groups in total. The van der Waals surface area contributed by atoms with E-state index in [1.54, 1.807) is 19.1 Å². The first kappa shape index (κ1) is 21.8. The molecule has 31 heavy (non-hydrogen) atoms. The lowest BCUT2D eigenvalue weighted by Gasteiger charge is -2.33. The second-order valence-electron chi connectivity index (χ2n) is 6.94. The summed E-state index contributed by atoms with van der Waals surface area (Å²) in [6.45, 7) is 4.28. The number of amidine groups is 1. The Balaban J connectivity index is 1.62. The molecule has 2 aliphatic rings. The smallest absolute Gasteiger partial charge is 0.338 e. The maximum atomic E-state index is 12.8. The molecule has 0 fully saturated rings. The van der Waals surface area contributed by atoms with E-state index >= 15 is 0 Å². The number of hydrogen-bond donors (Lipinski definition) is 0. The third-order valence-electron chi connectivity index (χ3n) is 4.88. The standard InChI is InChI=1S/C23H20Cl2N2O3S/c1-3-29-22(28)20-14(2)26-23-27(9-10-31-23)21(20)16-5-4-6-17(12-16)30-13-15-7-8-18(24)19(25)11-15/h4-12,21H,3,13H2,1-2H3/t21-/m1/s1. The number of carbonyl (C=O) groups excluding carboxylic acids is 1. The molecule has 5 nitrogen and oxygen atoms in total. The van der Waals surface area contributed by atoms with Crippen molar-refractivity contribution in [2.75, 3.05) is 6.61 Å². The lowest BCUT2D eigenvalue weighted by molar-refractivity contribution is -0.139. The number of ether oxygens (including phenoxy) is 2. The lowest BCUT2D eigenvalue weighted by Crippen LogP contribution is -2.34. The summed E-state index contributed by atoms with van der Waals surface area (Å²) in [5.74, 6) is 0.324. The van der Waals surface area contributed by atoms with E-state index in [4.69, 9.17) is 32.7 Å². The maximum absolute atomic E-state index is 12.8. The summed E-state index contributed by atoms with van der Waals surface area (Å²) >= 11 is 13.6. The average molecular weight is 475 g/mol. The van der Waals surface area contributed by atoms with Crippen molar-refractivity contribution in [3.05, 3.63) is 86.5 Å². The molecule has 2 heterocycles. The first-order valence-corrected chi connectivity index (χ1v) is 11.4. The Hall–Kier alpha value is -2.41. The minimum atomic E-state index is -0.361. The predicted molar refractivity (Wildman–Crippen MR) is 125 cm³/mol. The van der Waals surface area contributed by atoms with Gasteiger partial charge in [0.25, 0.3) is 0 Å². The summed E-state index contributed by atoms with van der Waals surface area (Å²) in [6.07, 6.45) is 1.93. The van der Waals surface area contributed by atoms with Crippen molar-refractivity contribution in [2.24, 2.45) is 4.99 Å². The van der Waals surface area contributed by atoms with Crippen LogP contribution in [0, 0.1) is 0 Å². The van der Waals surface area contributed by atoms with Crippen LogP contribution in [0.1, 0.15) is 31.0 Å². The molecule has 8 heteroatoms. The van der Waals surface area contributed by atoms with Gasteiger partial charge in [0.1, 0.15) is 12.4 Å². The molecule has 0 radical (unpaired) electrons. The highest BCUT2D eigenvalue weighted by molar-refractivity contribution is 8.16. The van der Waals surface area contributed by atoms with Crippen molar-refractivity contribution < 1.29 is 14.3 Å². The van der Waals surface area contributed by atoms with Crippen LogP contribution < -0.4 is 4.74 Å². The first-order chi connectivity index (χ1) is 15.0. The van der Waals surface area contributed by atoms with Crippen LogP contribution in [0.25, 0.3) is 0 Å². The van der Waals surface area contributed by atoms with Gasteiger partial charge in [0.2, 0.25) is 0 Å². The molecule has 2 aromatic carbocycles. The molecule has 0 unspecified atom stereocenters. The van der Waals surface area contributed by atoms with Crippen molar-refractivity contribution in [3.63, 3.8) is 0 Å². The minimum Gasteiger partial charge on any atom is -0.489 e. The highest BCUT2D eigenvalue weighted by Crippen LogP contribution is 2.41. The molecule has 2 aliphatic heterocycles. The number of carbonyl (C=O) groups is 1. The number of aliphatic imine (C=N–C) groups is 1. The zero-order chi connectivity index (χ0) is 22.0. The van der Waals surface area contributed by atoms with Gasteiger partial charge in [0.05, 0.1) is 34.0 Å². The summed E-state index contributed by atoms with van der Waals surface area (Å²) in [5, 5.41) is 3.78. The zero-order valence-corrected chi connectivity index (χ0v) is 19.3. The number of allylic oxidation sites excluding steroid dienone is 1. The molecule has 1 atom stereocenters. The molecular weight excluding hydrogens is 455 g/mol. The molecular formula is C23H20Cl2N2O3S. The summed E-state index contributed by atoms with van der Waals surface area (Å²) < 4.78 is 11.3. The highest BCUT2D eigenvalue weighted by atomic mass is 35.5. The Morgan fingerprint density at radius 3 is 2.81 bits per heavy atom. The number of nitrogens with zero attached hydrogens (tertiary/aromatic N) is 2. The van der Waals surface area contributed by atoms with Gasteiger partial charge < -0.3 is 14.4 Å². The molecule has 4 rings (SSSR count). The summed E-state index contributed by atoms with van der Waals surface area (Å²) in [6, 6.07) is 12.8. The summed E-state index contributed by atoms with van der Waals surface area (Å²) in [5.41, 5.74) is 3.01. The molecule has 0 saturated heterocycles. The van der Waals surface area contributed by atoms with Crippen molar-refractivity contribution in [1.29, 1.82) is 0 Å². The number of benzene rings is 2. The number of thioether (sulfide) groups is 1. The summed E-state index contributed by atoms with van der Waals surface area (Å²) in [7, 11) is 0. The Bertz CT molecular complexity index is 1110. The topological polar surface area (TPSA) is 51.1 Å². The molecule has 0 aromatic heterocycles. The van der Waals surface area contributed by atoms with Crippen LogP contribution in [-0.4, -0.2) is 22.6 Å². The van der Waals surface area contributed by atoms with Gasteiger partial charge in [-0.25, -0.2) is 9.79 Å².